The van der Waals surface area contributed by atoms with E-state index >= 15 is 0 Å². The Balaban J connectivity index is 1.26. The van der Waals surface area contributed by atoms with Crippen molar-refractivity contribution in [1.82, 2.24) is 15.5 Å². The first-order chi connectivity index (χ1) is 16.5. The molecule has 7 nitrogen and oxygen atoms in total. The van der Waals surface area contributed by atoms with E-state index in [1.165, 1.54) is 6.07 Å². The Labute approximate surface area is 205 Å². The van der Waals surface area contributed by atoms with Crippen LogP contribution in [0.5, 0.6) is 0 Å². The fraction of sp³-hybridized carbons (Fsp3) is 0.654. The summed E-state index contributed by atoms with van der Waals surface area (Å²) >= 11 is 0. The summed E-state index contributed by atoms with van der Waals surface area (Å²) in [6.45, 7) is 8.06. The van der Waals surface area contributed by atoms with E-state index in [2.05, 4.69) is 31.4 Å². The minimum absolute atomic E-state index is 0.138. The molecule has 192 valence electrons. The summed E-state index contributed by atoms with van der Waals surface area (Å²) in [5.74, 6) is -1.78. The van der Waals surface area contributed by atoms with E-state index in [1.54, 1.807) is 6.07 Å². The molecule has 9 heteroatoms. The van der Waals surface area contributed by atoms with Crippen molar-refractivity contribution in [2.75, 3.05) is 31.1 Å². The van der Waals surface area contributed by atoms with Crippen LogP contribution in [0.15, 0.2) is 18.2 Å². The molecule has 1 aromatic carbocycles. The number of amides is 4. The molecule has 1 aliphatic carbocycles. The second-order valence-electron chi connectivity index (χ2n) is 11.0. The van der Waals surface area contributed by atoms with E-state index in [0.717, 1.165) is 36.6 Å². The normalized spacial score (nSPS) is 27.0. The number of halogens is 2. The van der Waals surface area contributed by atoms with E-state index in [-0.39, 0.29) is 29.7 Å². The van der Waals surface area contributed by atoms with Crippen molar-refractivity contribution in [3.63, 3.8) is 0 Å². The Morgan fingerprint density at radius 2 is 1.89 bits per heavy atom. The van der Waals surface area contributed by atoms with Crippen LogP contribution >= 0.6 is 0 Å². The van der Waals surface area contributed by atoms with Crippen LogP contribution in [0.25, 0.3) is 0 Å². The molecule has 0 bridgehead atoms. The van der Waals surface area contributed by atoms with Crippen LogP contribution in [0.3, 0.4) is 0 Å². The molecule has 1 spiro atoms. The van der Waals surface area contributed by atoms with E-state index in [4.69, 9.17) is 0 Å². The van der Waals surface area contributed by atoms with Crippen LogP contribution in [-0.2, 0) is 9.59 Å². The number of hydrogen-bond donors (Lipinski definition) is 2. The van der Waals surface area contributed by atoms with Crippen molar-refractivity contribution >= 4 is 23.5 Å². The van der Waals surface area contributed by atoms with Crippen LogP contribution in [0, 0.1) is 28.9 Å². The summed E-state index contributed by atoms with van der Waals surface area (Å²) < 4.78 is 26.7. The van der Waals surface area contributed by atoms with Crippen molar-refractivity contribution in [2.45, 2.75) is 64.8 Å². The summed E-state index contributed by atoms with van der Waals surface area (Å²) in [5, 5.41) is 5.73. The summed E-state index contributed by atoms with van der Waals surface area (Å²) in [6.07, 6.45) is 4.82. The van der Waals surface area contributed by atoms with Crippen LogP contribution < -0.4 is 15.5 Å². The highest BCUT2D eigenvalue weighted by atomic mass is 19.2. The van der Waals surface area contributed by atoms with E-state index in [0.29, 0.717) is 44.1 Å². The molecule has 2 saturated heterocycles. The van der Waals surface area contributed by atoms with Crippen molar-refractivity contribution in [2.24, 2.45) is 17.3 Å². The Morgan fingerprint density at radius 1 is 1.17 bits per heavy atom. The molecule has 4 rings (SSSR count). The average Bonchev–Trinajstić information content (AvgIpc) is 3.39. The van der Waals surface area contributed by atoms with Gasteiger partial charge in [0.15, 0.2) is 11.6 Å². The van der Waals surface area contributed by atoms with Gasteiger partial charge in [0.1, 0.15) is 12.1 Å². The first-order valence-corrected chi connectivity index (χ1v) is 12.7. The van der Waals surface area contributed by atoms with Gasteiger partial charge in [-0.15, -0.1) is 0 Å². The average molecular weight is 491 g/mol. The second-order valence-corrected chi connectivity index (χ2v) is 11.0. The van der Waals surface area contributed by atoms with E-state index < -0.39 is 23.2 Å². The van der Waals surface area contributed by atoms with Gasteiger partial charge in [-0.1, -0.05) is 27.2 Å². The molecule has 1 unspecified atom stereocenters. The minimum Gasteiger partial charge on any atom is -0.371 e. The lowest BCUT2D eigenvalue weighted by molar-refractivity contribution is -0.136. The smallest absolute Gasteiger partial charge is 0.325 e. The highest BCUT2D eigenvalue weighted by Gasteiger charge is 2.53. The van der Waals surface area contributed by atoms with Gasteiger partial charge in [-0.05, 0) is 61.5 Å². The highest BCUT2D eigenvalue weighted by molar-refractivity contribution is 6.09. The zero-order chi connectivity index (χ0) is 25.4. The van der Waals surface area contributed by atoms with Crippen molar-refractivity contribution in [3.05, 3.63) is 29.8 Å². The van der Waals surface area contributed by atoms with Crippen LogP contribution in [0.1, 0.15) is 59.3 Å². The Hall–Kier alpha value is -2.71. The third kappa shape index (κ3) is 5.14. The Kier molecular flexibility index (Phi) is 7.06. The van der Waals surface area contributed by atoms with E-state index in [9.17, 15) is 23.2 Å². The van der Waals surface area contributed by atoms with E-state index in [1.807, 2.05) is 4.90 Å². The third-order valence-corrected chi connectivity index (χ3v) is 8.55. The molecule has 2 N–H and O–H groups in total. The number of benzene rings is 1. The fourth-order valence-electron chi connectivity index (χ4n) is 5.71. The number of imide groups is 1. The van der Waals surface area contributed by atoms with Gasteiger partial charge in [0, 0.05) is 31.4 Å². The number of carbonyl (C=O) groups excluding carboxylic acids is 3. The molecule has 1 atom stereocenters. The standard InChI is InChI=1S/C26H36F2N4O3/c1-4-25(2,3)18-7-10-26(11-8-18)23(34)32(24(35)30-26)16-22(33)29-14-17-9-12-31(15-17)19-5-6-20(27)21(28)13-19/h5-6,13,17-18H,4,7-12,14-16H2,1-3H3,(H,29,33)(H,30,35). The number of urea groups is 1. The number of carbonyl (C=O) groups is 3. The maximum absolute atomic E-state index is 13.5. The van der Waals surface area contributed by atoms with Gasteiger partial charge in [0.2, 0.25) is 5.91 Å². The Bertz CT molecular complexity index is 991. The third-order valence-electron chi connectivity index (χ3n) is 8.55. The van der Waals surface area contributed by atoms with Crippen LogP contribution in [0.4, 0.5) is 19.3 Å². The highest BCUT2D eigenvalue weighted by Crippen LogP contribution is 2.45. The fourth-order valence-corrected chi connectivity index (χ4v) is 5.71. The molecular weight excluding hydrogens is 454 g/mol. The lowest BCUT2D eigenvalue weighted by Crippen LogP contribution is -2.51. The topological polar surface area (TPSA) is 81.8 Å². The molecule has 4 amide bonds. The van der Waals surface area contributed by atoms with Gasteiger partial charge in [0.05, 0.1) is 0 Å². The molecule has 3 aliphatic rings. The van der Waals surface area contributed by atoms with Gasteiger partial charge in [0.25, 0.3) is 5.91 Å². The molecule has 35 heavy (non-hydrogen) atoms. The van der Waals surface area contributed by atoms with Gasteiger partial charge in [-0.2, -0.15) is 0 Å². The lowest BCUT2D eigenvalue weighted by atomic mass is 9.65. The molecule has 0 radical (unpaired) electrons. The first-order valence-electron chi connectivity index (χ1n) is 12.7. The monoisotopic (exact) mass is 490 g/mol. The van der Waals surface area contributed by atoms with Gasteiger partial charge in [-0.25, -0.2) is 13.6 Å². The molecule has 3 fully saturated rings. The zero-order valence-corrected chi connectivity index (χ0v) is 20.8. The first kappa shape index (κ1) is 25.4. The predicted octanol–water partition coefficient (Wildman–Crippen LogP) is 3.82. The zero-order valence-electron chi connectivity index (χ0n) is 20.8. The summed E-state index contributed by atoms with van der Waals surface area (Å²) in [6, 6.07) is 3.34. The summed E-state index contributed by atoms with van der Waals surface area (Å²) in [7, 11) is 0. The maximum Gasteiger partial charge on any atom is 0.325 e. The van der Waals surface area contributed by atoms with Crippen LogP contribution in [0.2, 0.25) is 0 Å². The van der Waals surface area contributed by atoms with Crippen molar-refractivity contribution in [3.8, 4) is 0 Å². The molecular formula is C26H36F2N4O3. The molecule has 2 aliphatic heterocycles. The number of nitrogens with zero attached hydrogens (tertiary/aromatic N) is 2. The van der Waals surface area contributed by atoms with Crippen molar-refractivity contribution in [1.29, 1.82) is 0 Å². The maximum atomic E-state index is 13.5. The lowest BCUT2D eigenvalue weighted by Gasteiger charge is -2.42. The summed E-state index contributed by atoms with van der Waals surface area (Å²) in [5.41, 5.74) is -0.0684. The van der Waals surface area contributed by atoms with Gasteiger partial charge < -0.3 is 15.5 Å². The van der Waals surface area contributed by atoms with Gasteiger partial charge >= 0.3 is 6.03 Å². The predicted molar refractivity (Wildman–Crippen MR) is 129 cm³/mol. The minimum atomic E-state index is -0.881. The molecule has 0 aromatic heterocycles. The van der Waals surface area contributed by atoms with Crippen molar-refractivity contribution < 1.29 is 23.2 Å². The number of hydrogen-bond acceptors (Lipinski definition) is 4. The Morgan fingerprint density at radius 3 is 2.54 bits per heavy atom. The summed E-state index contributed by atoms with van der Waals surface area (Å²) in [4.78, 5) is 41.3. The van der Waals surface area contributed by atoms with Gasteiger partial charge in [-0.3, -0.25) is 14.5 Å². The SMILES string of the molecule is CCC(C)(C)C1CCC2(CC1)NC(=O)N(CC(=O)NCC1CCN(c3ccc(F)c(F)c3)C1)C2=O. The molecule has 1 aromatic rings. The second kappa shape index (κ2) is 9.74. The number of rotatable bonds is 7. The quantitative estimate of drug-likeness (QED) is 0.570. The largest absolute Gasteiger partial charge is 0.371 e. The molecule has 2 heterocycles. The molecule has 1 saturated carbocycles. The number of anilines is 1. The number of nitrogens with one attached hydrogen (secondary N) is 2. The van der Waals surface area contributed by atoms with Crippen LogP contribution in [-0.4, -0.2) is 54.5 Å².